The van der Waals surface area contributed by atoms with Gasteiger partial charge in [0, 0.05) is 13.0 Å². The molecule has 118 valence electrons. The van der Waals surface area contributed by atoms with Gasteiger partial charge in [-0.15, -0.1) is 4.83 Å². The van der Waals surface area contributed by atoms with Gasteiger partial charge in [0.1, 0.15) is 12.4 Å². The Morgan fingerprint density at radius 1 is 1.19 bits per heavy atom. The van der Waals surface area contributed by atoms with Crippen LogP contribution in [-0.4, -0.2) is 34.6 Å². The number of ether oxygens (including phenoxy) is 2. The Labute approximate surface area is 124 Å². The van der Waals surface area contributed by atoms with Crippen LogP contribution in [0, 0.1) is 5.92 Å². The van der Waals surface area contributed by atoms with Gasteiger partial charge in [0.15, 0.2) is 0 Å². The Bertz CT molecular complexity index is 554. The van der Waals surface area contributed by atoms with Gasteiger partial charge < -0.3 is 9.47 Å². The van der Waals surface area contributed by atoms with Gasteiger partial charge in [-0.3, -0.25) is 10.2 Å². The van der Waals surface area contributed by atoms with E-state index in [2.05, 4.69) is 5.43 Å². The van der Waals surface area contributed by atoms with Crippen molar-refractivity contribution in [1.29, 1.82) is 0 Å². The van der Waals surface area contributed by atoms with E-state index in [4.69, 9.17) is 9.47 Å². The van der Waals surface area contributed by atoms with Crippen molar-refractivity contribution in [2.75, 3.05) is 20.3 Å². The van der Waals surface area contributed by atoms with Crippen LogP contribution < -0.4 is 15.0 Å². The number of carbonyl (C=O) groups excluding carboxylic acids is 1. The van der Waals surface area contributed by atoms with Crippen LogP contribution in [0.5, 0.6) is 5.75 Å². The van der Waals surface area contributed by atoms with Crippen LogP contribution in [0.4, 0.5) is 0 Å². The summed E-state index contributed by atoms with van der Waals surface area (Å²) in [7, 11) is -2.23. The minimum absolute atomic E-state index is 0.0330. The molecule has 0 aliphatic heterocycles. The Hall–Kier alpha value is -1.64. The second kappa shape index (κ2) is 7.96. The zero-order valence-corrected chi connectivity index (χ0v) is 13.1. The van der Waals surface area contributed by atoms with Crippen molar-refractivity contribution >= 4 is 15.9 Å². The van der Waals surface area contributed by atoms with Crippen molar-refractivity contribution in [2.45, 2.75) is 18.7 Å². The molecule has 2 N–H and O–H groups in total. The van der Waals surface area contributed by atoms with Gasteiger partial charge in [0.05, 0.1) is 11.5 Å². The summed E-state index contributed by atoms with van der Waals surface area (Å²) >= 11 is 0. The molecule has 7 nitrogen and oxygen atoms in total. The SMILES string of the molecule is COCCOc1ccc(S(=O)(=O)NNC(=O)C(C)C)cc1. The van der Waals surface area contributed by atoms with Gasteiger partial charge in [0.2, 0.25) is 5.91 Å². The molecule has 0 spiro atoms. The molecule has 1 aromatic carbocycles. The third-order valence-electron chi connectivity index (χ3n) is 2.52. The normalized spacial score (nSPS) is 11.4. The van der Waals surface area contributed by atoms with E-state index >= 15 is 0 Å². The molecular formula is C13H20N2O5S. The van der Waals surface area contributed by atoms with Crippen molar-refractivity contribution in [1.82, 2.24) is 10.3 Å². The van der Waals surface area contributed by atoms with E-state index in [1.165, 1.54) is 24.3 Å². The maximum Gasteiger partial charge on any atom is 0.257 e. The van der Waals surface area contributed by atoms with Crippen LogP contribution in [0.3, 0.4) is 0 Å². The van der Waals surface area contributed by atoms with Crippen LogP contribution in [0.1, 0.15) is 13.8 Å². The summed E-state index contributed by atoms with van der Waals surface area (Å²) in [6.07, 6.45) is 0. The number of hydrazine groups is 1. The number of hydrogen-bond donors (Lipinski definition) is 2. The maximum atomic E-state index is 11.9. The summed E-state index contributed by atoms with van der Waals surface area (Å²) in [5, 5.41) is 0. The molecule has 0 saturated carbocycles. The standard InChI is InChI=1S/C13H20N2O5S/c1-10(2)13(16)14-15-21(17,18)12-6-4-11(5-7-12)20-9-8-19-3/h4-7,10,15H,8-9H2,1-3H3,(H,14,16). The molecule has 1 amide bonds. The smallest absolute Gasteiger partial charge is 0.257 e. The van der Waals surface area contributed by atoms with Gasteiger partial charge in [-0.05, 0) is 24.3 Å². The number of hydrogen-bond acceptors (Lipinski definition) is 5. The highest BCUT2D eigenvalue weighted by molar-refractivity contribution is 7.89. The highest BCUT2D eigenvalue weighted by Gasteiger charge is 2.16. The summed E-state index contributed by atoms with van der Waals surface area (Å²) < 4.78 is 34.1. The fraction of sp³-hybridized carbons (Fsp3) is 0.462. The van der Waals surface area contributed by atoms with Gasteiger partial charge in [-0.25, -0.2) is 8.42 Å². The molecule has 0 bridgehead atoms. The average molecular weight is 316 g/mol. The minimum atomic E-state index is -3.79. The number of methoxy groups -OCH3 is 1. The van der Waals surface area contributed by atoms with E-state index in [-0.39, 0.29) is 10.8 Å². The first-order valence-corrected chi connectivity index (χ1v) is 7.88. The molecule has 21 heavy (non-hydrogen) atoms. The van der Waals surface area contributed by atoms with Gasteiger partial charge >= 0.3 is 0 Å². The highest BCUT2D eigenvalue weighted by atomic mass is 32.2. The Balaban J connectivity index is 2.65. The van der Waals surface area contributed by atoms with Crippen molar-refractivity contribution in [3.8, 4) is 5.75 Å². The second-order valence-electron chi connectivity index (χ2n) is 4.56. The summed E-state index contributed by atoms with van der Waals surface area (Å²) in [5.74, 6) is -0.181. The first-order valence-electron chi connectivity index (χ1n) is 6.40. The average Bonchev–Trinajstić information content (AvgIpc) is 2.45. The quantitative estimate of drug-likeness (QED) is 0.543. The summed E-state index contributed by atoms with van der Waals surface area (Å²) in [5.41, 5.74) is 2.15. The second-order valence-corrected chi connectivity index (χ2v) is 6.24. The number of nitrogens with one attached hydrogen (secondary N) is 2. The lowest BCUT2D eigenvalue weighted by Crippen LogP contribution is -2.43. The van der Waals surface area contributed by atoms with Crippen LogP contribution in [0.15, 0.2) is 29.2 Å². The predicted molar refractivity (Wildman–Crippen MR) is 77.1 cm³/mol. The van der Waals surface area contributed by atoms with Gasteiger partial charge in [-0.1, -0.05) is 13.8 Å². The molecule has 1 rings (SSSR count). The van der Waals surface area contributed by atoms with Crippen LogP contribution in [-0.2, 0) is 19.6 Å². The monoisotopic (exact) mass is 316 g/mol. The third-order valence-corrected chi connectivity index (χ3v) is 3.79. The number of carbonyl (C=O) groups is 1. The van der Waals surface area contributed by atoms with E-state index < -0.39 is 15.9 Å². The van der Waals surface area contributed by atoms with E-state index in [0.717, 1.165) is 0 Å². The third kappa shape index (κ3) is 5.70. The zero-order valence-electron chi connectivity index (χ0n) is 12.3. The highest BCUT2D eigenvalue weighted by Crippen LogP contribution is 2.15. The number of rotatable bonds is 8. The van der Waals surface area contributed by atoms with Crippen LogP contribution in [0.25, 0.3) is 0 Å². The van der Waals surface area contributed by atoms with E-state index in [0.29, 0.717) is 19.0 Å². The maximum absolute atomic E-state index is 11.9. The fourth-order valence-corrected chi connectivity index (χ4v) is 2.13. The molecule has 0 heterocycles. The lowest BCUT2D eigenvalue weighted by Gasteiger charge is -2.10. The predicted octanol–water partition coefficient (Wildman–Crippen LogP) is 0.677. The Kier molecular flexibility index (Phi) is 6.60. The molecule has 0 aliphatic rings. The molecular weight excluding hydrogens is 296 g/mol. The number of amides is 1. The largest absolute Gasteiger partial charge is 0.491 e. The summed E-state index contributed by atoms with van der Waals surface area (Å²) in [6, 6.07) is 5.86. The van der Waals surface area contributed by atoms with Crippen molar-refractivity contribution in [3.05, 3.63) is 24.3 Å². The van der Waals surface area contributed by atoms with Crippen molar-refractivity contribution < 1.29 is 22.7 Å². The van der Waals surface area contributed by atoms with Crippen LogP contribution in [0.2, 0.25) is 0 Å². The first-order chi connectivity index (χ1) is 9.86. The van der Waals surface area contributed by atoms with E-state index in [9.17, 15) is 13.2 Å². The Morgan fingerprint density at radius 3 is 2.33 bits per heavy atom. The summed E-state index contributed by atoms with van der Waals surface area (Å²) in [4.78, 5) is 13.4. The summed E-state index contributed by atoms with van der Waals surface area (Å²) in [6.45, 7) is 4.15. The molecule has 8 heteroatoms. The lowest BCUT2D eigenvalue weighted by atomic mass is 10.2. The lowest BCUT2D eigenvalue weighted by molar-refractivity contribution is -0.124. The minimum Gasteiger partial charge on any atom is -0.491 e. The molecule has 1 aromatic rings. The van der Waals surface area contributed by atoms with Crippen LogP contribution >= 0.6 is 0 Å². The molecule has 0 saturated heterocycles. The van der Waals surface area contributed by atoms with Crippen molar-refractivity contribution in [3.63, 3.8) is 0 Å². The van der Waals surface area contributed by atoms with E-state index in [1.807, 2.05) is 4.83 Å². The molecule has 0 fully saturated rings. The first kappa shape index (κ1) is 17.4. The number of benzene rings is 1. The molecule has 0 unspecified atom stereocenters. The van der Waals surface area contributed by atoms with Gasteiger partial charge in [-0.2, -0.15) is 0 Å². The molecule has 0 radical (unpaired) electrons. The number of sulfonamides is 1. The fourth-order valence-electron chi connectivity index (χ4n) is 1.28. The molecule has 0 aliphatic carbocycles. The molecule has 0 aromatic heterocycles. The van der Waals surface area contributed by atoms with Crippen molar-refractivity contribution in [2.24, 2.45) is 5.92 Å². The topological polar surface area (TPSA) is 93.7 Å². The van der Waals surface area contributed by atoms with Gasteiger partial charge in [0.25, 0.3) is 10.0 Å². The molecule has 0 atom stereocenters. The zero-order chi connectivity index (χ0) is 15.9. The van der Waals surface area contributed by atoms with E-state index in [1.54, 1.807) is 21.0 Å². The Morgan fingerprint density at radius 2 is 1.81 bits per heavy atom.